The molecule has 0 rings (SSSR count). The lowest BCUT2D eigenvalue weighted by Gasteiger charge is -1.80. The molecule has 0 atom stereocenters. The Labute approximate surface area is 80.5 Å². The summed E-state index contributed by atoms with van der Waals surface area (Å²) in [6.07, 6.45) is 12.0. The zero-order valence-corrected chi connectivity index (χ0v) is 7.81. The smallest absolute Gasteiger partial charge is 0.129 e. The molecule has 0 aromatic heterocycles. The van der Waals surface area contributed by atoms with E-state index in [4.69, 9.17) is 4.74 Å². The molecule has 0 saturated carbocycles. The van der Waals surface area contributed by atoms with E-state index in [0.717, 1.165) is 25.7 Å². The summed E-state index contributed by atoms with van der Waals surface area (Å²) in [6.45, 7) is 7.16. The molecule has 0 unspecified atom stereocenters. The van der Waals surface area contributed by atoms with Crippen molar-refractivity contribution in [1.29, 1.82) is 0 Å². The fourth-order valence-electron chi connectivity index (χ4n) is 0.548. The van der Waals surface area contributed by atoms with Crippen molar-refractivity contribution < 1.29 is 4.74 Å². The molecule has 0 amide bonds. The van der Waals surface area contributed by atoms with Crippen molar-refractivity contribution >= 4 is 0 Å². The quantitative estimate of drug-likeness (QED) is 0.362. The Balaban J connectivity index is 3.37. The van der Waals surface area contributed by atoms with Gasteiger partial charge >= 0.3 is 0 Å². The van der Waals surface area contributed by atoms with E-state index >= 15 is 0 Å². The van der Waals surface area contributed by atoms with Gasteiger partial charge < -0.3 is 4.74 Å². The molecule has 0 saturated heterocycles. The predicted octanol–water partition coefficient (Wildman–Crippen LogP) is 2.86. The third-order valence-corrected chi connectivity index (χ3v) is 1.19. The highest BCUT2D eigenvalue weighted by Crippen LogP contribution is 1.86. The summed E-state index contributed by atoms with van der Waals surface area (Å²) < 4.78 is 4.74. The molecule has 0 aliphatic carbocycles. The first kappa shape index (κ1) is 11.4. The van der Waals surface area contributed by atoms with Gasteiger partial charge in [-0.2, -0.15) is 0 Å². The predicted molar refractivity (Wildman–Crippen MR) is 55.5 cm³/mol. The highest BCUT2D eigenvalue weighted by molar-refractivity contribution is 5.00. The number of ether oxygens (including phenoxy) is 1. The lowest BCUT2D eigenvalue weighted by atomic mass is 10.3. The molecular weight excluding hydrogens is 160 g/mol. The van der Waals surface area contributed by atoms with Gasteiger partial charge in [0, 0.05) is 12.8 Å². The van der Waals surface area contributed by atoms with Gasteiger partial charge in [0.2, 0.25) is 0 Å². The maximum atomic E-state index is 4.74. The van der Waals surface area contributed by atoms with Gasteiger partial charge in [-0.25, -0.2) is 0 Å². The average molecular weight is 174 g/mol. The molecule has 0 aromatic carbocycles. The van der Waals surface area contributed by atoms with Crippen LogP contribution < -0.4 is 0 Å². The molecule has 0 aliphatic rings. The molecule has 1 heteroatoms. The standard InChI is InChI=1S/C12H14O/c1-3-5-7-9-11-13-12-10-8-6-4-2/h3-4H,1-2,5-8H2. The highest BCUT2D eigenvalue weighted by atomic mass is 16.5. The highest BCUT2D eigenvalue weighted by Gasteiger charge is 1.73. The third-order valence-electron chi connectivity index (χ3n) is 1.19. The Hall–Kier alpha value is -1.60. The van der Waals surface area contributed by atoms with Crippen LogP contribution in [-0.4, -0.2) is 0 Å². The normalized spacial score (nSPS) is 7.08. The molecule has 0 aliphatic heterocycles. The van der Waals surface area contributed by atoms with Crippen LogP contribution in [0.5, 0.6) is 0 Å². The Kier molecular flexibility index (Phi) is 9.12. The molecule has 0 bridgehead atoms. The second kappa shape index (κ2) is 10.4. The number of allylic oxidation sites excluding steroid dienone is 2. The van der Waals surface area contributed by atoms with Crippen LogP contribution in [0.15, 0.2) is 25.3 Å². The Morgan fingerprint density at radius 2 is 1.38 bits per heavy atom. The lowest BCUT2D eigenvalue weighted by molar-refractivity contribution is 0.477. The van der Waals surface area contributed by atoms with E-state index < -0.39 is 0 Å². The molecule has 13 heavy (non-hydrogen) atoms. The van der Waals surface area contributed by atoms with Crippen molar-refractivity contribution in [2.24, 2.45) is 0 Å². The SMILES string of the molecule is C=CCCC#COC#CCCC=C. The Morgan fingerprint density at radius 1 is 0.923 bits per heavy atom. The Bertz CT molecular complexity index is 226. The van der Waals surface area contributed by atoms with Crippen molar-refractivity contribution in [3.63, 3.8) is 0 Å². The molecule has 1 nitrogen and oxygen atoms in total. The van der Waals surface area contributed by atoms with Gasteiger partial charge in [0.15, 0.2) is 0 Å². The van der Waals surface area contributed by atoms with E-state index in [1.54, 1.807) is 0 Å². The van der Waals surface area contributed by atoms with Crippen LogP contribution in [0.1, 0.15) is 25.7 Å². The molecule has 0 fully saturated rings. The lowest BCUT2D eigenvalue weighted by Crippen LogP contribution is -1.70. The molecule has 68 valence electrons. The summed E-state index contributed by atoms with van der Waals surface area (Å²) in [4.78, 5) is 0. The average Bonchev–Trinajstić information content (AvgIpc) is 2.16. The maximum absolute atomic E-state index is 4.74. The summed E-state index contributed by atoms with van der Waals surface area (Å²) in [5.41, 5.74) is 0. The van der Waals surface area contributed by atoms with Crippen LogP contribution in [0, 0.1) is 24.1 Å². The molecule has 0 spiro atoms. The monoisotopic (exact) mass is 174 g/mol. The number of hydrogen-bond donors (Lipinski definition) is 0. The minimum atomic E-state index is 0.776. The molecule has 0 radical (unpaired) electrons. The van der Waals surface area contributed by atoms with Crippen LogP contribution in [0.2, 0.25) is 0 Å². The first-order valence-electron chi connectivity index (χ1n) is 4.25. The van der Waals surface area contributed by atoms with E-state index in [1.165, 1.54) is 0 Å². The van der Waals surface area contributed by atoms with Crippen LogP contribution >= 0.6 is 0 Å². The fraction of sp³-hybridized carbons (Fsp3) is 0.333. The summed E-state index contributed by atoms with van der Waals surface area (Å²) in [5.74, 6) is 5.62. The van der Waals surface area contributed by atoms with Crippen LogP contribution in [-0.2, 0) is 4.74 Å². The van der Waals surface area contributed by atoms with Gasteiger partial charge in [-0.1, -0.05) is 24.0 Å². The summed E-state index contributed by atoms with van der Waals surface area (Å²) in [5, 5.41) is 0. The summed E-state index contributed by atoms with van der Waals surface area (Å²) in [6, 6.07) is 0. The third kappa shape index (κ3) is 10.4. The van der Waals surface area contributed by atoms with Crippen molar-refractivity contribution in [2.45, 2.75) is 25.7 Å². The first-order valence-corrected chi connectivity index (χ1v) is 4.25. The van der Waals surface area contributed by atoms with Crippen LogP contribution in [0.4, 0.5) is 0 Å². The second-order valence-corrected chi connectivity index (χ2v) is 2.31. The van der Waals surface area contributed by atoms with E-state index in [0.29, 0.717) is 0 Å². The van der Waals surface area contributed by atoms with Crippen molar-refractivity contribution in [3.05, 3.63) is 25.3 Å². The maximum Gasteiger partial charge on any atom is 0.129 e. The molecular formula is C12H14O. The molecule has 0 N–H and O–H groups in total. The van der Waals surface area contributed by atoms with Crippen molar-refractivity contribution in [1.82, 2.24) is 0 Å². The van der Waals surface area contributed by atoms with Crippen molar-refractivity contribution in [2.75, 3.05) is 0 Å². The largest absolute Gasteiger partial charge is 0.357 e. The molecule has 0 aromatic rings. The zero-order valence-electron chi connectivity index (χ0n) is 7.81. The summed E-state index contributed by atoms with van der Waals surface area (Å²) >= 11 is 0. The van der Waals surface area contributed by atoms with Crippen LogP contribution in [0.25, 0.3) is 0 Å². The van der Waals surface area contributed by atoms with Crippen LogP contribution in [0.3, 0.4) is 0 Å². The van der Waals surface area contributed by atoms with E-state index in [-0.39, 0.29) is 0 Å². The topological polar surface area (TPSA) is 9.23 Å². The second-order valence-electron chi connectivity index (χ2n) is 2.31. The van der Waals surface area contributed by atoms with Crippen molar-refractivity contribution in [3.8, 4) is 24.1 Å². The number of rotatable bonds is 4. The van der Waals surface area contributed by atoms with E-state index in [1.807, 2.05) is 12.2 Å². The first-order chi connectivity index (χ1) is 6.41. The van der Waals surface area contributed by atoms with Gasteiger partial charge in [-0.3, -0.25) is 0 Å². The minimum absolute atomic E-state index is 0.776. The fourth-order valence-corrected chi connectivity index (χ4v) is 0.548. The Morgan fingerprint density at radius 3 is 1.77 bits per heavy atom. The van der Waals surface area contributed by atoms with Gasteiger partial charge in [-0.05, 0) is 12.8 Å². The van der Waals surface area contributed by atoms with Gasteiger partial charge in [0.05, 0.1) is 0 Å². The van der Waals surface area contributed by atoms with Gasteiger partial charge in [0.1, 0.15) is 12.2 Å². The minimum Gasteiger partial charge on any atom is -0.357 e. The summed E-state index contributed by atoms with van der Waals surface area (Å²) in [7, 11) is 0. The van der Waals surface area contributed by atoms with E-state index in [2.05, 4.69) is 37.2 Å². The van der Waals surface area contributed by atoms with Gasteiger partial charge in [0.25, 0.3) is 0 Å². The van der Waals surface area contributed by atoms with E-state index in [9.17, 15) is 0 Å². The number of hydrogen-bond acceptors (Lipinski definition) is 1. The number of unbranched alkanes of at least 4 members (excludes halogenated alkanes) is 2. The molecule has 0 heterocycles. The zero-order chi connectivity index (χ0) is 9.78. The van der Waals surface area contributed by atoms with Gasteiger partial charge in [-0.15, -0.1) is 13.2 Å².